The van der Waals surface area contributed by atoms with Gasteiger partial charge in [0.15, 0.2) is 5.13 Å². The third-order valence-corrected chi connectivity index (χ3v) is 7.25. The fourth-order valence-electron chi connectivity index (χ4n) is 3.46. The van der Waals surface area contributed by atoms with Crippen molar-refractivity contribution in [3.05, 3.63) is 95.8 Å². The first kappa shape index (κ1) is 24.9. The maximum absolute atomic E-state index is 13.2. The van der Waals surface area contributed by atoms with Gasteiger partial charge in [-0.25, -0.2) is 9.97 Å². The molecular formula is C26H26N4O3S2. The van der Waals surface area contributed by atoms with Gasteiger partial charge >= 0.3 is 0 Å². The maximum Gasteiger partial charge on any atom is 0.251 e. The van der Waals surface area contributed by atoms with Crippen molar-refractivity contribution in [1.29, 1.82) is 0 Å². The second-order valence-electron chi connectivity index (χ2n) is 7.79. The van der Waals surface area contributed by atoms with Gasteiger partial charge in [-0.3, -0.25) is 4.79 Å². The Morgan fingerprint density at radius 1 is 1.11 bits per heavy atom. The van der Waals surface area contributed by atoms with Crippen LogP contribution in [0, 0.1) is 6.92 Å². The minimum Gasteiger partial charge on any atom is -0.386 e. The van der Waals surface area contributed by atoms with Crippen LogP contribution in [0.15, 0.2) is 88.2 Å². The Kier molecular flexibility index (Phi) is 8.49. The predicted molar refractivity (Wildman–Crippen MR) is 139 cm³/mol. The molecule has 4 rings (SSSR count). The maximum atomic E-state index is 13.2. The highest BCUT2D eigenvalue weighted by Gasteiger charge is 2.24. The van der Waals surface area contributed by atoms with Gasteiger partial charge in [-0.15, -0.1) is 0 Å². The third kappa shape index (κ3) is 6.67. The number of aliphatic hydroxyl groups is 1. The predicted octanol–water partition coefficient (Wildman–Crippen LogP) is 5.22. The topological polar surface area (TPSA) is 96.4 Å². The van der Waals surface area contributed by atoms with Crippen molar-refractivity contribution < 1.29 is 14.6 Å². The molecule has 0 radical (unpaired) electrons. The van der Waals surface area contributed by atoms with Gasteiger partial charge in [-0.05, 0) is 42.3 Å². The fourth-order valence-corrected chi connectivity index (χ4v) is 5.36. The Morgan fingerprint density at radius 2 is 1.91 bits per heavy atom. The molecule has 2 aromatic heterocycles. The fraction of sp³-hybridized carbons (Fsp3) is 0.192. The average Bonchev–Trinajstić information content (AvgIpc) is 3.32. The third-order valence-electron chi connectivity index (χ3n) is 5.24. The van der Waals surface area contributed by atoms with E-state index in [4.69, 9.17) is 4.74 Å². The summed E-state index contributed by atoms with van der Waals surface area (Å²) in [4.78, 5) is 22.8. The highest BCUT2D eigenvalue weighted by molar-refractivity contribution is 8.01. The van der Waals surface area contributed by atoms with E-state index >= 15 is 0 Å². The van der Waals surface area contributed by atoms with Crippen molar-refractivity contribution in [1.82, 2.24) is 15.3 Å². The highest BCUT2D eigenvalue weighted by atomic mass is 32.2. The zero-order valence-corrected chi connectivity index (χ0v) is 21.0. The second-order valence-corrected chi connectivity index (χ2v) is 10.2. The second kappa shape index (κ2) is 11.9. The van der Waals surface area contributed by atoms with Crippen LogP contribution in [0.4, 0.5) is 10.9 Å². The molecule has 180 valence electrons. The van der Waals surface area contributed by atoms with Crippen LogP contribution in [0.25, 0.3) is 0 Å². The van der Waals surface area contributed by atoms with E-state index in [2.05, 4.69) is 20.6 Å². The molecule has 0 bridgehead atoms. The van der Waals surface area contributed by atoms with Crippen LogP contribution in [0.1, 0.15) is 27.6 Å². The molecule has 0 saturated carbocycles. The molecule has 7 nitrogen and oxygen atoms in total. The molecule has 9 heteroatoms. The van der Waals surface area contributed by atoms with Gasteiger partial charge in [0.1, 0.15) is 11.9 Å². The van der Waals surface area contributed by atoms with E-state index in [0.29, 0.717) is 5.56 Å². The number of nitrogens with zero attached hydrogens (tertiary/aromatic N) is 2. The van der Waals surface area contributed by atoms with Crippen LogP contribution in [0.3, 0.4) is 0 Å². The lowest BCUT2D eigenvalue weighted by Gasteiger charge is -2.24. The van der Waals surface area contributed by atoms with Crippen LogP contribution in [-0.2, 0) is 4.74 Å². The number of carbonyl (C=O) groups excluding carboxylic acids is 1. The standard InChI is InChI=1S/C26H26N4O3S2/c1-17-11-12-19(34-23-15-28-26(35-23)30-22-10-6-7-13-27-22)14-20(17)25(32)29-21(16-33-2)24(31)18-8-4-3-5-9-18/h3-15,21,24,31H,16H2,1-2H3,(H,29,32)(H,27,28,30). The molecule has 4 aromatic rings. The minimum atomic E-state index is -0.889. The number of nitrogens with one attached hydrogen (secondary N) is 2. The Labute approximate surface area is 212 Å². The molecule has 0 saturated heterocycles. The SMILES string of the molecule is COCC(NC(=O)c1cc(Sc2cnc(Nc3ccccn3)s2)ccc1C)C(O)c1ccccc1. The summed E-state index contributed by atoms with van der Waals surface area (Å²) in [7, 11) is 1.55. The van der Waals surface area contributed by atoms with Gasteiger partial charge in [0, 0.05) is 23.8 Å². The number of anilines is 2. The molecule has 35 heavy (non-hydrogen) atoms. The zero-order valence-electron chi connectivity index (χ0n) is 19.3. The summed E-state index contributed by atoms with van der Waals surface area (Å²) in [6.07, 6.45) is 2.63. The Hall–Kier alpha value is -3.24. The van der Waals surface area contributed by atoms with E-state index in [9.17, 15) is 9.90 Å². The lowest BCUT2D eigenvalue weighted by atomic mass is 10.0. The number of hydrogen-bond acceptors (Lipinski definition) is 8. The number of aliphatic hydroxyl groups excluding tert-OH is 1. The first-order valence-corrected chi connectivity index (χ1v) is 12.6. The first-order chi connectivity index (χ1) is 17.0. The normalized spacial score (nSPS) is 12.7. The number of aryl methyl sites for hydroxylation is 1. The molecule has 3 N–H and O–H groups in total. The number of hydrogen-bond donors (Lipinski definition) is 3. The summed E-state index contributed by atoms with van der Waals surface area (Å²) in [6, 6.07) is 20.1. The number of pyridine rings is 1. The van der Waals surface area contributed by atoms with E-state index in [1.165, 1.54) is 23.1 Å². The van der Waals surface area contributed by atoms with E-state index < -0.39 is 12.1 Å². The van der Waals surface area contributed by atoms with Gasteiger partial charge in [-0.1, -0.05) is 65.6 Å². The molecule has 2 aromatic carbocycles. The first-order valence-electron chi connectivity index (χ1n) is 11.0. The summed E-state index contributed by atoms with van der Waals surface area (Å²) < 4.78 is 6.25. The minimum absolute atomic E-state index is 0.183. The Balaban J connectivity index is 1.46. The Morgan fingerprint density at radius 3 is 2.66 bits per heavy atom. The van der Waals surface area contributed by atoms with Gasteiger partial charge in [0.2, 0.25) is 0 Å². The van der Waals surface area contributed by atoms with Gasteiger partial charge in [-0.2, -0.15) is 0 Å². The van der Waals surface area contributed by atoms with Crippen LogP contribution in [0.2, 0.25) is 0 Å². The van der Waals surface area contributed by atoms with Crippen molar-refractivity contribution in [2.75, 3.05) is 19.0 Å². The quantitative estimate of drug-likeness (QED) is 0.271. The molecule has 1 amide bonds. The number of benzene rings is 2. The molecule has 0 aliphatic carbocycles. The molecular weight excluding hydrogens is 480 g/mol. The van der Waals surface area contributed by atoms with Crippen molar-refractivity contribution in [2.24, 2.45) is 0 Å². The molecule has 2 heterocycles. The number of amides is 1. The van der Waals surface area contributed by atoms with E-state index in [1.807, 2.05) is 73.7 Å². The van der Waals surface area contributed by atoms with Crippen LogP contribution >= 0.6 is 23.1 Å². The van der Waals surface area contributed by atoms with Gasteiger partial charge < -0.3 is 20.5 Å². The van der Waals surface area contributed by atoms with Crippen LogP contribution in [0.5, 0.6) is 0 Å². The summed E-state index contributed by atoms with van der Waals surface area (Å²) in [5.74, 6) is 0.472. The molecule has 0 aliphatic heterocycles. The number of methoxy groups -OCH3 is 1. The number of rotatable bonds is 10. The molecule has 2 unspecified atom stereocenters. The van der Waals surface area contributed by atoms with Crippen molar-refractivity contribution in [2.45, 2.75) is 28.2 Å². The van der Waals surface area contributed by atoms with Crippen LogP contribution in [-0.4, -0.2) is 40.7 Å². The van der Waals surface area contributed by atoms with Gasteiger partial charge in [0.05, 0.1) is 23.1 Å². The number of ether oxygens (including phenoxy) is 1. The highest BCUT2D eigenvalue weighted by Crippen LogP contribution is 2.35. The largest absolute Gasteiger partial charge is 0.386 e. The van der Waals surface area contributed by atoms with Crippen molar-refractivity contribution in [3.63, 3.8) is 0 Å². The summed E-state index contributed by atoms with van der Waals surface area (Å²) >= 11 is 3.04. The zero-order chi connectivity index (χ0) is 24.6. The van der Waals surface area contributed by atoms with Gasteiger partial charge in [0.25, 0.3) is 5.91 Å². The average molecular weight is 507 g/mol. The van der Waals surface area contributed by atoms with Crippen LogP contribution < -0.4 is 10.6 Å². The lowest BCUT2D eigenvalue weighted by Crippen LogP contribution is -2.42. The number of thiazole rings is 1. The smallest absolute Gasteiger partial charge is 0.251 e. The number of aromatic nitrogens is 2. The lowest BCUT2D eigenvalue weighted by molar-refractivity contribution is 0.0594. The molecule has 0 spiro atoms. The Bertz CT molecular complexity index is 1250. The molecule has 0 aliphatic rings. The summed E-state index contributed by atoms with van der Waals surface area (Å²) in [6.45, 7) is 2.08. The molecule has 2 atom stereocenters. The van der Waals surface area contributed by atoms with Crippen molar-refractivity contribution in [3.8, 4) is 0 Å². The van der Waals surface area contributed by atoms with E-state index in [-0.39, 0.29) is 12.5 Å². The van der Waals surface area contributed by atoms with Crippen molar-refractivity contribution >= 4 is 40.0 Å². The summed E-state index contributed by atoms with van der Waals surface area (Å²) in [5, 5.41) is 17.7. The number of carbonyl (C=O) groups is 1. The van der Waals surface area contributed by atoms with E-state index in [0.717, 1.165) is 31.2 Å². The monoisotopic (exact) mass is 506 g/mol. The summed E-state index contributed by atoms with van der Waals surface area (Å²) in [5.41, 5.74) is 2.11. The van der Waals surface area contributed by atoms with E-state index in [1.54, 1.807) is 19.5 Å². The molecule has 0 fully saturated rings.